The van der Waals surface area contributed by atoms with E-state index in [9.17, 15) is 14.4 Å². The third-order valence-corrected chi connectivity index (χ3v) is 10.1. The molecule has 9 nitrogen and oxygen atoms in total. The monoisotopic (exact) mass is 736 g/mol. The van der Waals surface area contributed by atoms with Crippen molar-refractivity contribution in [3.05, 3.63) is 92.0 Å². The fraction of sp³-hybridized carbons (Fsp3) is 0.378. The molecule has 3 N–H and O–H groups in total. The molecule has 4 aromatic rings. The number of benzene rings is 3. The maximum Gasteiger partial charge on any atom is 0.310 e. The van der Waals surface area contributed by atoms with Crippen LogP contribution in [0.4, 0.5) is 5.69 Å². The number of nitrogens with one attached hydrogen (secondary N) is 1. The molecule has 0 unspecified atom stereocenters. The Labute approximate surface area is 294 Å². The molecule has 1 saturated carbocycles. The molecule has 5 rings (SSSR count). The maximum atomic E-state index is 13.6. The quantitative estimate of drug-likeness (QED) is 0.0890. The van der Waals surface area contributed by atoms with Crippen LogP contribution in [0.1, 0.15) is 76.6 Å². The highest BCUT2D eigenvalue weighted by Gasteiger charge is 2.24. The highest BCUT2D eigenvalue weighted by atomic mass is 79.9. The molecule has 1 aromatic heterocycles. The number of amides is 1. The molecule has 0 bridgehead atoms. The second-order valence-electron chi connectivity index (χ2n) is 12.1. The Bertz CT molecular complexity index is 1800. The van der Waals surface area contributed by atoms with E-state index in [4.69, 9.17) is 26.8 Å². The van der Waals surface area contributed by atoms with Gasteiger partial charge in [0.2, 0.25) is 0 Å². The van der Waals surface area contributed by atoms with Gasteiger partial charge in [-0.3, -0.25) is 23.9 Å². The second-order valence-corrected chi connectivity index (χ2v) is 13.4. The molecule has 1 heterocycles. The van der Waals surface area contributed by atoms with E-state index >= 15 is 0 Å². The van der Waals surface area contributed by atoms with Crippen molar-refractivity contribution < 1.29 is 23.9 Å². The van der Waals surface area contributed by atoms with Crippen LogP contribution < -0.4 is 15.8 Å². The van der Waals surface area contributed by atoms with E-state index in [1.165, 1.54) is 32.1 Å². The van der Waals surface area contributed by atoms with E-state index in [0.29, 0.717) is 66.8 Å². The number of esters is 1. The van der Waals surface area contributed by atoms with Crippen LogP contribution in [-0.4, -0.2) is 60.1 Å². The van der Waals surface area contributed by atoms with Crippen LogP contribution in [0.25, 0.3) is 10.9 Å². The Morgan fingerprint density at radius 1 is 1.04 bits per heavy atom. The molecule has 1 fully saturated rings. The van der Waals surface area contributed by atoms with Crippen LogP contribution in [0.5, 0.6) is 5.75 Å². The van der Waals surface area contributed by atoms with E-state index in [-0.39, 0.29) is 31.4 Å². The summed E-state index contributed by atoms with van der Waals surface area (Å²) in [6.45, 7) is 5.68. The van der Waals surface area contributed by atoms with Crippen molar-refractivity contribution in [3.63, 3.8) is 0 Å². The van der Waals surface area contributed by atoms with Gasteiger partial charge in [-0.25, -0.2) is 0 Å². The van der Waals surface area contributed by atoms with Gasteiger partial charge in [0.25, 0.3) is 11.8 Å². The van der Waals surface area contributed by atoms with E-state index in [2.05, 4.69) is 33.1 Å². The van der Waals surface area contributed by atoms with Gasteiger partial charge < -0.3 is 20.5 Å². The number of rotatable bonds is 12. The summed E-state index contributed by atoms with van der Waals surface area (Å²) >= 11 is 9.57. The number of aromatic nitrogens is 1. The minimum atomic E-state index is -0.479. The largest absolute Gasteiger partial charge is 0.497 e. The van der Waals surface area contributed by atoms with Gasteiger partial charge in [0.05, 0.1) is 31.3 Å². The summed E-state index contributed by atoms with van der Waals surface area (Å²) in [7, 11) is 1.56. The van der Waals surface area contributed by atoms with E-state index in [1.54, 1.807) is 61.1 Å². The van der Waals surface area contributed by atoms with E-state index in [0.717, 1.165) is 12.1 Å². The zero-order valence-electron chi connectivity index (χ0n) is 27.6. The first-order chi connectivity index (χ1) is 23.1. The van der Waals surface area contributed by atoms with Crippen molar-refractivity contribution >= 4 is 61.9 Å². The lowest BCUT2D eigenvalue weighted by Crippen LogP contribution is -2.36. The number of hydrogen-bond donors (Lipinski definition) is 2. The fourth-order valence-electron chi connectivity index (χ4n) is 6.52. The summed E-state index contributed by atoms with van der Waals surface area (Å²) < 4.78 is 13.2. The third kappa shape index (κ3) is 8.05. The van der Waals surface area contributed by atoms with Gasteiger partial charge in [-0.15, -0.1) is 0 Å². The zero-order chi connectivity index (χ0) is 34.4. The summed E-state index contributed by atoms with van der Waals surface area (Å²) in [5, 5.41) is 4.10. The summed E-state index contributed by atoms with van der Waals surface area (Å²) in [5.41, 5.74) is 10.9. The van der Waals surface area contributed by atoms with E-state index < -0.39 is 5.97 Å². The first kappa shape index (κ1) is 35.4. The van der Waals surface area contributed by atoms with Gasteiger partial charge in [-0.05, 0) is 108 Å². The predicted molar refractivity (Wildman–Crippen MR) is 193 cm³/mol. The molecule has 0 aliphatic heterocycles. The molecule has 0 saturated heterocycles. The summed E-state index contributed by atoms with van der Waals surface area (Å²) in [6, 6.07) is 16.2. The van der Waals surface area contributed by atoms with Gasteiger partial charge in [0, 0.05) is 44.3 Å². The normalized spacial score (nSPS) is 13.5. The lowest BCUT2D eigenvalue weighted by atomic mass is 9.93. The number of nitrogen functional groups attached to an aromatic ring is 1. The van der Waals surface area contributed by atoms with Gasteiger partial charge in [-0.2, -0.15) is 0 Å². The number of fused-ring (bicyclic) bond motifs is 1. The molecule has 3 aromatic carbocycles. The SMILES string of the molecule is CCN(Cc1cc(C(=O)NCCOC(=O)Cc2c(C)n(C(=O)c3ccc(Cl)cc3)c3ccc(OC)cc23)cc(Br)c1N)C1CCCCC1. The third-order valence-electron chi connectivity index (χ3n) is 9.16. The number of nitrogens with two attached hydrogens (primary N) is 1. The van der Waals surface area contributed by atoms with E-state index in [1.807, 2.05) is 12.1 Å². The zero-order valence-corrected chi connectivity index (χ0v) is 30.0. The Morgan fingerprint density at radius 3 is 2.46 bits per heavy atom. The number of methoxy groups -OCH3 is 1. The molecular formula is C37H42BrClN4O5. The Balaban J connectivity index is 1.23. The molecule has 1 aliphatic carbocycles. The molecule has 48 heavy (non-hydrogen) atoms. The van der Waals surface area contributed by atoms with Gasteiger partial charge in [-0.1, -0.05) is 37.8 Å². The Morgan fingerprint density at radius 2 is 1.77 bits per heavy atom. The standard InChI is InChI=1S/C37H42BrClN4O5/c1-4-42(28-8-6-5-7-9-28)22-26-18-25(19-32(38)35(26)40)36(45)41-16-17-48-34(44)21-30-23(2)43(33-15-14-29(47-3)20-31(30)33)37(46)24-10-12-27(39)13-11-24/h10-15,18-20,28H,4-9,16-17,21-22,40H2,1-3H3,(H,41,45). The van der Waals surface area contributed by atoms with Gasteiger partial charge >= 0.3 is 5.97 Å². The average molecular weight is 738 g/mol. The van der Waals surface area contributed by atoms with Crippen molar-refractivity contribution in [2.75, 3.05) is 32.5 Å². The number of carbonyl (C=O) groups is 3. The van der Waals surface area contributed by atoms with Gasteiger partial charge in [0.1, 0.15) is 12.4 Å². The topological polar surface area (TPSA) is 116 Å². The highest BCUT2D eigenvalue weighted by molar-refractivity contribution is 9.10. The number of hydrogen-bond acceptors (Lipinski definition) is 7. The maximum absolute atomic E-state index is 13.6. The molecular weight excluding hydrogens is 696 g/mol. The number of carbonyl (C=O) groups excluding carboxylic acids is 3. The molecule has 0 spiro atoms. The number of anilines is 1. The minimum absolute atomic E-state index is 0.0103. The first-order valence-electron chi connectivity index (χ1n) is 16.3. The number of ether oxygens (including phenoxy) is 2. The van der Waals surface area contributed by atoms with Crippen LogP contribution in [0.2, 0.25) is 5.02 Å². The summed E-state index contributed by atoms with van der Waals surface area (Å²) in [6.07, 6.45) is 6.09. The fourth-order valence-corrected chi connectivity index (χ4v) is 7.15. The average Bonchev–Trinajstić information content (AvgIpc) is 3.36. The number of halogens is 2. The Kier molecular flexibility index (Phi) is 11.8. The van der Waals surface area contributed by atoms with Crippen LogP contribution in [0.15, 0.2) is 59.1 Å². The lowest BCUT2D eigenvalue weighted by molar-refractivity contribution is -0.142. The summed E-state index contributed by atoms with van der Waals surface area (Å²) in [5.74, 6) is -0.395. The first-order valence-corrected chi connectivity index (χ1v) is 17.5. The second kappa shape index (κ2) is 16.0. The molecule has 0 radical (unpaired) electrons. The highest BCUT2D eigenvalue weighted by Crippen LogP contribution is 2.32. The van der Waals surface area contributed by atoms with Crippen molar-refractivity contribution in [1.82, 2.24) is 14.8 Å². The van der Waals surface area contributed by atoms with Crippen LogP contribution in [-0.2, 0) is 22.5 Å². The molecule has 1 amide bonds. The molecule has 11 heteroatoms. The summed E-state index contributed by atoms with van der Waals surface area (Å²) in [4.78, 5) is 42.2. The van der Waals surface area contributed by atoms with Crippen molar-refractivity contribution in [2.45, 2.75) is 65.0 Å². The molecule has 254 valence electrons. The van der Waals surface area contributed by atoms with Crippen molar-refractivity contribution in [1.29, 1.82) is 0 Å². The van der Waals surface area contributed by atoms with Crippen LogP contribution in [0.3, 0.4) is 0 Å². The molecule has 1 aliphatic rings. The van der Waals surface area contributed by atoms with Crippen molar-refractivity contribution in [2.24, 2.45) is 0 Å². The minimum Gasteiger partial charge on any atom is -0.497 e. The van der Waals surface area contributed by atoms with Gasteiger partial charge in [0.15, 0.2) is 0 Å². The van der Waals surface area contributed by atoms with Crippen LogP contribution >= 0.6 is 27.5 Å². The Hall–Kier alpha value is -3.86. The smallest absolute Gasteiger partial charge is 0.310 e. The number of nitrogens with zero attached hydrogens (tertiary/aromatic N) is 2. The predicted octanol–water partition coefficient (Wildman–Crippen LogP) is 7.32. The van der Waals surface area contributed by atoms with Crippen molar-refractivity contribution in [3.8, 4) is 5.75 Å². The lowest BCUT2D eigenvalue weighted by Gasteiger charge is -2.34. The van der Waals surface area contributed by atoms with Crippen LogP contribution in [0, 0.1) is 6.92 Å². The molecule has 0 atom stereocenters.